The number of aromatic nitrogens is 1. The number of aliphatic hydroxyl groups is 1. The van der Waals surface area contributed by atoms with Crippen LogP contribution in [0.1, 0.15) is 51.0 Å². The molecule has 1 aliphatic carbocycles. The van der Waals surface area contributed by atoms with Crippen LogP contribution in [-0.4, -0.2) is 72.1 Å². The van der Waals surface area contributed by atoms with Crippen LogP contribution >= 0.6 is 11.6 Å². The molecule has 7 nitrogen and oxygen atoms in total. The quantitative estimate of drug-likeness (QED) is 0.637. The number of hydrogen-bond donors (Lipinski definition) is 2. The molecule has 4 atom stereocenters. The van der Waals surface area contributed by atoms with Gasteiger partial charge in [0.25, 0.3) is 0 Å². The standard InChI is InChI=1S/C28H36ClN3O4/c1-17-25(28(17)5-9-35-10-6-28)26(34)31-24-13-19-11-21(22(29)12-20(19)14-30-24)18-3-7-32(8-4-18)27(2)16-36-15-23(27)33/h11-14,17-18,23,25,33H,3-10,15-16H2,1-2H3,(H,30,31,34)/t17?,23-,25?,27+/m1/s1. The topological polar surface area (TPSA) is 83.9 Å². The van der Waals surface area contributed by atoms with Crippen molar-refractivity contribution in [3.63, 3.8) is 0 Å². The second-order valence-corrected chi connectivity index (χ2v) is 11.9. The van der Waals surface area contributed by atoms with E-state index < -0.39 is 6.10 Å². The van der Waals surface area contributed by atoms with E-state index in [1.807, 2.05) is 12.1 Å². The fourth-order valence-electron chi connectivity index (χ4n) is 7.13. The summed E-state index contributed by atoms with van der Waals surface area (Å²) in [4.78, 5) is 20.0. The molecule has 3 aliphatic heterocycles. The highest BCUT2D eigenvalue weighted by atomic mass is 35.5. The third kappa shape index (κ3) is 4.04. The number of amides is 1. The molecule has 1 saturated carbocycles. The fourth-order valence-corrected chi connectivity index (χ4v) is 7.46. The number of nitrogens with one attached hydrogen (secondary N) is 1. The zero-order chi connectivity index (χ0) is 25.1. The first-order valence-corrected chi connectivity index (χ1v) is 13.7. The smallest absolute Gasteiger partial charge is 0.229 e. The molecule has 0 bridgehead atoms. The van der Waals surface area contributed by atoms with Gasteiger partial charge in [-0.05, 0) is 92.1 Å². The van der Waals surface area contributed by atoms with E-state index >= 15 is 0 Å². The summed E-state index contributed by atoms with van der Waals surface area (Å²) in [5, 5.41) is 16.3. The molecule has 0 radical (unpaired) electrons. The summed E-state index contributed by atoms with van der Waals surface area (Å²) in [6.07, 6.45) is 5.24. The maximum Gasteiger partial charge on any atom is 0.229 e. The molecule has 1 spiro atoms. The van der Waals surface area contributed by atoms with Gasteiger partial charge in [-0.2, -0.15) is 0 Å². The Labute approximate surface area is 217 Å². The van der Waals surface area contributed by atoms with Gasteiger partial charge in [0, 0.05) is 35.7 Å². The molecule has 1 aromatic carbocycles. The summed E-state index contributed by atoms with van der Waals surface area (Å²) in [6.45, 7) is 8.57. The summed E-state index contributed by atoms with van der Waals surface area (Å²) in [7, 11) is 0. The van der Waals surface area contributed by atoms with E-state index in [4.69, 9.17) is 21.1 Å². The van der Waals surface area contributed by atoms with Crippen molar-refractivity contribution in [2.45, 2.75) is 57.1 Å². The molecular weight excluding hydrogens is 478 g/mol. The summed E-state index contributed by atoms with van der Waals surface area (Å²) in [6, 6.07) is 6.14. The number of anilines is 1. The predicted molar refractivity (Wildman–Crippen MR) is 139 cm³/mol. The lowest BCUT2D eigenvalue weighted by molar-refractivity contribution is -0.118. The molecule has 3 saturated heterocycles. The number of rotatable bonds is 4. The number of aliphatic hydroxyl groups excluding tert-OH is 1. The van der Waals surface area contributed by atoms with Crippen molar-refractivity contribution in [1.82, 2.24) is 9.88 Å². The average molecular weight is 514 g/mol. The van der Waals surface area contributed by atoms with Crippen molar-refractivity contribution in [2.75, 3.05) is 44.8 Å². The Bertz CT molecular complexity index is 1160. The predicted octanol–water partition coefficient (Wildman–Crippen LogP) is 4.22. The van der Waals surface area contributed by atoms with Crippen molar-refractivity contribution in [2.24, 2.45) is 17.3 Å². The number of nitrogens with zero attached hydrogens (tertiary/aromatic N) is 2. The molecule has 6 rings (SSSR count). The van der Waals surface area contributed by atoms with E-state index in [0.29, 0.717) is 30.9 Å². The Kier molecular flexibility index (Phi) is 6.28. The number of piperidine rings is 1. The van der Waals surface area contributed by atoms with Crippen molar-refractivity contribution < 1.29 is 19.4 Å². The number of carbonyl (C=O) groups excluding carboxylic acids is 1. The van der Waals surface area contributed by atoms with Crippen molar-refractivity contribution in [1.29, 1.82) is 0 Å². The van der Waals surface area contributed by atoms with Crippen LogP contribution in [0, 0.1) is 17.3 Å². The molecule has 1 amide bonds. The zero-order valence-electron chi connectivity index (χ0n) is 21.1. The monoisotopic (exact) mass is 513 g/mol. The van der Waals surface area contributed by atoms with Crippen LogP contribution in [0.25, 0.3) is 10.8 Å². The third-order valence-corrected chi connectivity index (χ3v) is 10.1. The molecule has 4 fully saturated rings. The lowest BCUT2D eigenvalue weighted by Crippen LogP contribution is -2.56. The number of likely N-dealkylation sites (tertiary alicyclic amines) is 1. The van der Waals surface area contributed by atoms with E-state index in [1.165, 1.54) is 0 Å². The van der Waals surface area contributed by atoms with Crippen LogP contribution in [0.5, 0.6) is 0 Å². The minimum atomic E-state index is -0.445. The fraction of sp³-hybridized carbons (Fsp3) is 0.643. The van der Waals surface area contributed by atoms with Gasteiger partial charge < -0.3 is 19.9 Å². The molecule has 2 aromatic rings. The average Bonchev–Trinajstić information content (AvgIpc) is 3.26. The number of carbonyl (C=O) groups is 1. The van der Waals surface area contributed by atoms with Crippen LogP contribution in [-0.2, 0) is 14.3 Å². The van der Waals surface area contributed by atoms with Crippen LogP contribution in [0.3, 0.4) is 0 Å². The third-order valence-electron chi connectivity index (χ3n) is 9.76. The summed E-state index contributed by atoms with van der Waals surface area (Å²) in [5.41, 5.74) is 0.948. The lowest BCUT2D eigenvalue weighted by atomic mass is 9.85. The maximum absolute atomic E-state index is 13.1. The minimum Gasteiger partial charge on any atom is -0.389 e. The number of halogens is 1. The molecule has 4 heterocycles. The second kappa shape index (κ2) is 9.21. The number of pyridine rings is 1. The number of fused-ring (bicyclic) bond motifs is 1. The van der Waals surface area contributed by atoms with E-state index in [9.17, 15) is 9.90 Å². The van der Waals surface area contributed by atoms with Crippen LogP contribution in [0.2, 0.25) is 5.02 Å². The van der Waals surface area contributed by atoms with Gasteiger partial charge in [0.1, 0.15) is 5.82 Å². The summed E-state index contributed by atoms with van der Waals surface area (Å²) in [5.74, 6) is 1.45. The normalized spacial score (nSPS) is 32.7. The molecular formula is C28H36ClN3O4. The molecule has 4 aliphatic rings. The van der Waals surface area contributed by atoms with Gasteiger partial charge in [0.05, 0.1) is 24.9 Å². The molecule has 36 heavy (non-hydrogen) atoms. The highest BCUT2D eigenvalue weighted by molar-refractivity contribution is 6.32. The Morgan fingerprint density at radius 3 is 2.61 bits per heavy atom. The van der Waals surface area contributed by atoms with Gasteiger partial charge >= 0.3 is 0 Å². The Hall–Kier alpha value is -1.77. The maximum atomic E-state index is 13.1. The van der Waals surface area contributed by atoms with Crippen LogP contribution in [0.15, 0.2) is 24.4 Å². The van der Waals surface area contributed by atoms with Gasteiger partial charge in [-0.25, -0.2) is 4.98 Å². The molecule has 2 N–H and O–H groups in total. The van der Waals surface area contributed by atoms with E-state index in [1.54, 1.807) is 6.20 Å². The Morgan fingerprint density at radius 1 is 1.17 bits per heavy atom. The lowest BCUT2D eigenvalue weighted by Gasteiger charge is -2.43. The van der Waals surface area contributed by atoms with Crippen LogP contribution in [0.4, 0.5) is 5.82 Å². The van der Waals surface area contributed by atoms with E-state index in [-0.39, 0.29) is 22.8 Å². The number of hydrogen-bond acceptors (Lipinski definition) is 6. The van der Waals surface area contributed by atoms with Gasteiger partial charge in [0.15, 0.2) is 0 Å². The zero-order valence-corrected chi connectivity index (χ0v) is 21.9. The SMILES string of the molecule is CC1C(C(=O)Nc2cc3cc(C4CCN([C@@]5(C)COC[C@H]5O)CC4)c(Cl)cc3cn2)C12CCOCC2. The van der Waals surface area contributed by atoms with Gasteiger partial charge in [0.2, 0.25) is 5.91 Å². The highest BCUT2D eigenvalue weighted by Crippen LogP contribution is 2.64. The van der Waals surface area contributed by atoms with Gasteiger partial charge in [-0.3, -0.25) is 9.69 Å². The summed E-state index contributed by atoms with van der Waals surface area (Å²) < 4.78 is 11.1. The Morgan fingerprint density at radius 2 is 1.92 bits per heavy atom. The van der Waals surface area contributed by atoms with Crippen molar-refractivity contribution in [3.05, 3.63) is 35.0 Å². The molecule has 1 aromatic heterocycles. The summed E-state index contributed by atoms with van der Waals surface area (Å²) >= 11 is 6.74. The van der Waals surface area contributed by atoms with Gasteiger partial charge in [-0.15, -0.1) is 0 Å². The number of ether oxygens (including phenoxy) is 2. The van der Waals surface area contributed by atoms with Gasteiger partial charge in [-0.1, -0.05) is 18.5 Å². The van der Waals surface area contributed by atoms with Crippen molar-refractivity contribution in [3.8, 4) is 0 Å². The highest BCUT2D eigenvalue weighted by Gasteiger charge is 2.65. The minimum absolute atomic E-state index is 0.0375. The second-order valence-electron chi connectivity index (χ2n) is 11.5. The first kappa shape index (κ1) is 24.6. The first-order valence-electron chi connectivity index (χ1n) is 13.3. The molecule has 2 unspecified atom stereocenters. The van der Waals surface area contributed by atoms with E-state index in [2.05, 4.69) is 35.1 Å². The van der Waals surface area contributed by atoms with Crippen molar-refractivity contribution >= 4 is 34.1 Å². The molecule has 8 heteroatoms. The molecule has 194 valence electrons. The number of benzene rings is 1. The first-order chi connectivity index (χ1) is 17.3. The van der Waals surface area contributed by atoms with E-state index in [0.717, 1.165) is 73.3 Å². The largest absolute Gasteiger partial charge is 0.389 e. The van der Waals surface area contributed by atoms with Crippen LogP contribution < -0.4 is 5.32 Å². The Balaban J connectivity index is 1.16.